The zero-order valence-corrected chi connectivity index (χ0v) is 14.7. The number of halogens is 1. The van der Waals surface area contributed by atoms with Crippen molar-refractivity contribution in [2.45, 2.75) is 13.0 Å². The van der Waals surface area contributed by atoms with Gasteiger partial charge in [-0.1, -0.05) is 23.7 Å². The van der Waals surface area contributed by atoms with Crippen LogP contribution in [0.3, 0.4) is 0 Å². The summed E-state index contributed by atoms with van der Waals surface area (Å²) >= 11 is 6.03. The Balaban J connectivity index is 1.78. The molecule has 1 fully saturated rings. The molecule has 0 aliphatic carbocycles. The summed E-state index contributed by atoms with van der Waals surface area (Å²) in [5.74, 6) is 0.803. The van der Waals surface area contributed by atoms with E-state index in [-0.39, 0.29) is 5.75 Å². The summed E-state index contributed by atoms with van der Waals surface area (Å²) in [6.45, 7) is 1.02. The number of nitrogens with one attached hydrogen (secondary N) is 2. The van der Waals surface area contributed by atoms with E-state index in [9.17, 15) is 8.42 Å². The van der Waals surface area contributed by atoms with Crippen LogP contribution in [0.5, 0.6) is 0 Å². The fraction of sp³-hybridized carbons (Fsp3) is 0.333. The molecule has 1 aromatic heterocycles. The molecule has 0 saturated carbocycles. The molecule has 7 nitrogen and oxygen atoms in total. The Morgan fingerprint density at radius 2 is 2.17 bits per heavy atom. The van der Waals surface area contributed by atoms with Gasteiger partial charge in [0.05, 0.1) is 11.4 Å². The van der Waals surface area contributed by atoms with E-state index in [0.717, 1.165) is 5.56 Å². The monoisotopic (exact) mass is 367 g/mol. The summed E-state index contributed by atoms with van der Waals surface area (Å²) in [6.07, 6.45) is 2.05. The molecule has 0 amide bonds. The van der Waals surface area contributed by atoms with Crippen molar-refractivity contribution in [2.24, 2.45) is 0 Å². The van der Waals surface area contributed by atoms with Crippen molar-refractivity contribution < 1.29 is 8.42 Å². The molecule has 3 rings (SSSR count). The number of aromatic nitrogens is 2. The maximum atomic E-state index is 12.0. The second kappa shape index (κ2) is 6.82. The van der Waals surface area contributed by atoms with Gasteiger partial charge in [-0.25, -0.2) is 18.4 Å². The maximum Gasteiger partial charge on any atom is 0.235 e. The second-order valence-corrected chi connectivity index (χ2v) is 7.77. The summed E-state index contributed by atoms with van der Waals surface area (Å²) in [5, 5.41) is 6.49. The zero-order valence-electron chi connectivity index (χ0n) is 13.2. The van der Waals surface area contributed by atoms with Crippen LogP contribution in [0.15, 0.2) is 30.6 Å². The van der Waals surface area contributed by atoms with Crippen molar-refractivity contribution >= 4 is 38.8 Å². The van der Waals surface area contributed by atoms with Crippen LogP contribution < -0.4 is 14.9 Å². The second-order valence-electron chi connectivity index (χ2n) is 5.40. The molecule has 0 bridgehead atoms. The van der Waals surface area contributed by atoms with Gasteiger partial charge in [0.2, 0.25) is 10.0 Å². The van der Waals surface area contributed by atoms with Gasteiger partial charge < -0.3 is 10.6 Å². The average Bonchev–Trinajstić information content (AvgIpc) is 2.92. The molecule has 1 aliphatic heterocycles. The van der Waals surface area contributed by atoms with E-state index < -0.39 is 10.0 Å². The smallest absolute Gasteiger partial charge is 0.235 e. The fourth-order valence-corrected chi connectivity index (χ4v) is 4.44. The SMILES string of the molecule is CNc1c(Cl)ncnc1NCc1cccc(N2CCCS2(=O)=O)c1. The third kappa shape index (κ3) is 3.39. The Morgan fingerprint density at radius 3 is 2.88 bits per heavy atom. The van der Waals surface area contributed by atoms with Gasteiger partial charge in [-0.05, 0) is 24.1 Å². The van der Waals surface area contributed by atoms with Crippen molar-refractivity contribution in [3.8, 4) is 0 Å². The van der Waals surface area contributed by atoms with E-state index in [2.05, 4.69) is 20.6 Å². The van der Waals surface area contributed by atoms with E-state index in [4.69, 9.17) is 11.6 Å². The topological polar surface area (TPSA) is 87.2 Å². The summed E-state index contributed by atoms with van der Waals surface area (Å²) in [6, 6.07) is 7.47. The fourth-order valence-electron chi connectivity index (χ4n) is 2.66. The van der Waals surface area contributed by atoms with Crippen molar-refractivity contribution in [3.63, 3.8) is 0 Å². The molecule has 1 aliphatic rings. The highest BCUT2D eigenvalue weighted by atomic mass is 35.5. The quantitative estimate of drug-likeness (QED) is 0.788. The van der Waals surface area contributed by atoms with Crippen LogP contribution in [0, 0.1) is 0 Å². The molecular weight excluding hydrogens is 350 g/mol. The highest BCUT2D eigenvalue weighted by Gasteiger charge is 2.28. The number of nitrogens with zero attached hydrogens (tertiary/aromatic N) is 3. The number of sulfonamides is 1. The minimum atomic E-state index is -3.18. The molecule has 1 saturated heterocycles. The van der Waals surface area contributed by atoms with Crippen molar-refractivity contribution in [2.75, 3.05) is 34.3 Å². The van der Waals surface area contributed by atoms with Crippen molar-refractivity contribution in [1.82, 2.24) is 9.97 Å². The number of hydrogen-bond acceptors (Lipinski definition) is 6. The van der Waals surface area contributed by atoms with Crippen molar-refractivity contribution in [1.29, 1.82) is 0 Å². The minimum Gasteiger partial charge on any atom is -0.383 e. The molecule has 0 unspecified atom stereocenters. The average molecular weight is 368 g/mol. The van der Waals surface area contributed by atoms with Gasteiger partial charge in [0.1, 0.15) is 12.0 Å². The lowest BCUT2D eigenvalue weighted by molar-refractivity contribution is 0.599. The van der Waals surface area contributed by atoms with Crippen LogP contribution in [-0.4, -0.2) is 37.7 Å². The molecule has 0 radical (unpaired) electrons. The molecule has 2 heterocycles. The molecule has 9 heteroatoms. The van der Waals surface area contributed by atoms with E-state index >= 15 is 0 Å². The Hall–Kier alpha value is -2.06. The van der Waals surface area contributed by atoms with E-state index in [1.54, 1.807) is 7.05 Å². The lowest BCUT2D eigenvalue weighted by Gasteiger charge is -2.18. The highest BCUT2D eigenvalue weighted by molar-refractivity contribution is 7.93. The first-order chi connectivity index (χ1) is 11.5. The van der Waals surface area contributed by atoms with Crippen LogP contribution in [0.1, 0.15) is 12.0 Å². The summed E-state index contributed by atoms with van der Waals surface area (Å²) < 4.78 is 25.6. The Labute approximate surface area is 146 Å². The number of benzene rings is 1. The summed E-state index contributed by atoms with van der Waals surface area (Å²) in [7, 11) is -1.43. The zero-order chi connectivity index (χ0) is 17.2. The van der Waals surface area contributed by atoms with Gasteiger partial charge in [-0.3, -0.25) is 4.31 Å². The lowest BCUT2D eigenvalue weighted by atomic mass is 10.2. The molecule has 128 valence electrons. The normalized spacial score (nSPS) is 16.2. The predicted molar refractivity (Wildman–Crippen MR) is 96.1 cm³/mol. The highest BCUT2D eigenvalue weighted by Crippen LogP contribution is 2.27. The summed E-state index contributed by atoms with van der Waals surface area (Å²) in [4.78, 5) is 8.10. The van der Waals surface area contributed by atoms with Crippen LogP contribution >= 0.6 is 11.6 Å². The van der Waals surface area contributed by atoms with E-state index in [1.807, 2.05) is 24.3 Å². The molecule has 2 aromatic rings. The van der Waals surface area contributed by atoms with E-state index in [0.29, 0.717) is 41.9 Å². The van der Waals surface area contributed by atoms with Gasteiger partial charge >= 0.3 is 0 Å². The molecule has 0 atom stereocenters. The molecular formula is C15H18ClN5O2S. The minimum absolute atomic E-state index is 0.209. The Kier molecular flexibility index (Phi) is 4.77. The maximum absolute atomic E-state index is 12.0. The van der Waals surface area contributed by atoms with Crippen LogP contribution in [0.25, 0.3) is 0 Å². The van der Waals surface area contributed by atoms with Crippen LogP contribution in [0.2, 0.25) is 5.15 Å². The first-order valence-corrected chi connectivity index (χ1v) is 9.51. The van der Waals surface area contributed by atoms with Gasteiger partial charge in [-0.2, -0.15) is 0 Å². The first kappa shape index (κ1) is 16.8. The van der Waals surface area contributed by atoms with E-state index in [1.165, 1.54) is 10.6 Å². The lowest BCUT2D eigenvalue weighted by Crippen LogP contribution is -2.25. The predicted octanol–water partition coefficient (Wildman–Crippen LogP) is 2.32. The van der Waals surface area contributed by atoms with Crippen LogP contribution in [0.4, 0.5) is 17.2 Å². The van der Waals surface area contributed by atoms with Crippen LogP contribution in [-0.2, 0) is 16.6 Å². The number of rotatable bonds is 5. The molecule has 24 heavy (non-hydrogen) atoms. The summed E-state index contributed by atoms with van der Waals surface area (Å²) in [5.41, 5.74) is 2.27. The standard InChI is InChI=1S/C15H18ClN5O2S/c1-17-13-14(16)19-10-20-15(13)18-9-11-4-2-5-12(8-11)21-6-3-7-24(21,22)23/h2,4-5,8,10,17H,3,6-7,9H2,1H3,(H,18,19,20). The van der Waals surface area contributed by atoms with Gasteiger partial charge in [-0.15, -0.1) is 0 Å². The molecule has 1 aromatic carbocycles. The first-order valence-electron chi connectivity index (χ1n) is 7.53. The van der Waals surface area contributed by atoms with Gasteiger partial charge in [0, 0.05) is 20.1 Å². The Bertz CT molecular complexity index is 844. The molecule has 2 N–H and O–H groups in total. The third-order valence-electron chi connectivity index (χ3n) is 3.81. The van der Waals surface area contributed by atoms with Crippen molar-refractivity contribution in [3.05, 3.63) is 41.3 Å². The van der Waals surface area contributed by atoms with Gasteiger partial charge in [0.15, 0.2) is 11.0 Å². The number of anilines is 3. The number of hydrogen-bond donors (Lipinski definition) is 2. The Morgan fingerprint density at radius 1 is 1.33 bits per heavy atom. The largest absolute Gasteiger partial charge is 0.383 e. The third-order valence-corrected chi connectivity index (χ3v) is 5.96. The molecule has 0 spiro atoms. The van der Waals surface area contributed by atoms with Gasteiger partial charge in [0.25, 0.3) is 0 Å².